The number of benzene rings is 2. The predicted octanol–water partition coefficient (Wildman–Crippen LogP) is 3.67. The standard InChI is InChI=1S/C23H29N5O2.HI/c1-18(30-22-12-8-7-11-21(22)29-3)15-26-23(24-2)25-14-13-19-16-27-28(17-19)20-9-5-4-6-10-20;/h4-12,16-18H,13-15H2,1-3H3,(H2,24,25,26);1H. The highest BCUT2D eigenvalue weighted by Crippen LogP contribution is 2.26. The van der Waals surface area contributed by atoms with Crippen molar-refractivity contribution in [3.8, 4) is 17.2 Å². The van der Waals surface area contributed by atoms with Gasteiger partial charge >= 0.3 is 0 Å². The van der Waals surface area contributed by atoms with Crippen LogP contribution >= 0.6 is 24.0 Å². The van der Waals surface area contributed by atoms with Crippen LogP contribution in [0, 0.1) is 0 Å². The third-order valence-electron chi connectivity index (χ3n) is 4.54. The lowest BCUT2D eigenvalue weighted by Crippen LogP contribution is -2.42. The van der Waals surface area contributed by atoms with E-state index in [1.54, 1.807) is 14.2 Å². The molecule has 1 heterocycles. The van der Waals surface area contributed by atoms with Crippen LogP contribution in [0.15, 0.2) is 72.0 Å². The number of halogens is 1. The van der Waals surface area contributed by atoms with Gasteiger partial charge in [0.2, 0.25) is 0 Å². The topological polar surface area (TPSA) is 72.7 Å². The van der Waals surface area contributed by atoms with E-state index in [2.05, 4.69) is 26.9 Å². The molecule has 7 nitrogen and oxygen atoms in total. The van der Waals surface area contributed by atoms with Crippen molar-refractivity contribution in [2.75, 3.05) is 27.2 Å². The number of hydrogen-bond donors (Lipinski definition) is 2. The van der Waals surface area contributed by atoms with Gasteiger partial charge in [0, 0.05) is 19.8 Å². The first-order chi connectivity index (χ1) is 14.7. The second kappa shape index (κ2) is 12.8. The van der Waals surface area contributed by atoms with E-state index in [1.165, 1.54) is 0 Å². The van der Waals surface area contributed by atoms with Gasteiger partial charge < -0.3 is 20.1 Å². The summed E-state index contributed by atoms with van der Waals surface area (Å²) in [6.07, 6.45) is 4.74. The summed E-state index contributed by atoms with van der Waals surface area (Å²) in [4.78, 5) is 4.28. The molecule has 3 aromatic rings. The highest BCUT2D eigenvalue weighted by atomic mass is 127. The summed E-state index contributed by atoms with van der Waals surface area (Å²) >= 11 is 0. The number of para-hydroxylation sites is 3. The number of nitrogens with one attached hydrogen (secondary N) is 2. The molecule has 0 aliphatic heterocycles. The minimum atomic E-state index is -0.0519. The van der Waals surface area contributed by atoms with Gasteiger partial charge in [0.05, 0.1) is 25.5 Å². The van der Waals surface area contributed by atoms with Gasteiger partial charge in [0.15, 0.2) is 17.5 Å². The Hall–Kier alpha value is -2.75. The van der Waals surface area contributed by atoms with Crippen LogP contribution in [0.2, 0.25) is 0 Å². The molecule has 166 valence electrons. The maximum atomic E-state index is 5.97. The fraction of sp³-hybridized carbons (Fsp3) is 0.304. The van der Waals surface area contributed by atoms with Crippen LogP contribution in [0.4, 0.5) is 0 Å². The van der Waals surface area contributed by atoms with Crippen LogP contribution in [0.3, 0.4) is 0 Å². The Morgan fingerprint density at radius 3 is 2.48 bits per heavy atom. The molecule has 2 aromatic carbocycles. The largest absolute Gasteiger partial charge is 0.493 e. The van der Waals surface area contributed by atoms with Gasteiger partial charge in [-0.25, -0.2) is 4.68 Å². The third kappa shape index (κ3) is 7.46. The number of aliphatic imine (C=N–C) groups is 1. The maximum absolute atomic E-state index is 5.97. The zero-order valence-electron chi connectivity index (χ0n) is 18.1. The number of guanidine groups is 1. The van der Waals surface area contributed by atoms with Crippen LogP contribution < -0.4 is 20.1 Å². The number of rotatable bonds is 9. The van der Waals surface area contributed by atoms with Crippen molar-refractivity contribution in [1.82, 2.24) is 20.4 Å². The molecule has 0 aliphatic rings. The molecule has 0 radical (unpaired) electrons. The highest BCUT2D eigenvalue weighted by Gasteiger charge is 2.09. The maximum Gasteiger partial charge on any atom is 0.191 e. The Morgan fingerprint density at radius 1 is 1.06 bits per heavy atom. The molecule has 0 fully saturated rings. The first-order valence-corrected chi connectivity index (χ1v) is 10.0. The van der Waals surface area contributed by atoms with Crippen LogP contribution in [0.5, 0.6) is 11.5 Å². The van der Waals surface area contributed by atoms with E-state index in [4.69, 9.17) is 9.47 Å². The summed E-state index contributed by atoms with van der Waals surface area (Å²) in [5, 5.41) is 11.1. The van der Waals surface area contributed by atoms with Crippen molar-refractivity contribution in [1.29, 1.82) is 0 Å². The molecule has 2 N–H and O–H groups in total. The van der Waals surface area contributed by atoms with E-state index >= 15 is 0 Å². The van der Waals surface area contributed by atoms with Crippen molar-refractivity contribution in [2.24, 2.45) is 4.99 Å². The molecular weight excluding hydrogens is 505 g/mol. The summed E-state index contributed by atoms with van der Waals surface area (Å²) < 4.78 is 13.2. The van der Waals surface area contributed by atoms with Crippen LogP contribution in [-0.2, 0) is 6.42 Å². The van der Waals surface area contributed by atoms with E-state index in [-0.39, 0.29) is 30.1 Å². The van der Waals surface area contributed by atoms with E-state index in [0.717, 1.165) is 41.7 Å². The number of hydrogen-bond acceptors (Lipinski definition) is 4. The smallest absolute Gasteiger partial charge is 0.191 e. The first-order valence-electron chi connectivity index (χ1n) is 10.0. The van der Waals surface area contributed by atoms with Crippen molar-refractivity contribution in [3.63, 3.8) is 0 Å². The van der Waals surface area contributed by atoms with Gasteiger partial charge in [-0.3, -0.25) is 4.99 Å². The summed E-state index contributed by atoms with van der Waals surface area (Å²) in [6.45, 7) is 3.37. The normalized spacial score (nSPS) is 11.9. The monoisotopic (exact) mass is 535 g/mol. The van der Waals surface area contributed by atoms with Crippen molar-refractivity contribution >= 4 is 29.9 Å². The second-order valence-electron chi connectivity index (χ2n) is 6.84. The number of aromatic nitrogens is 2. The zero-order chi connectivity index (χ0) is 21.2. The summed E-state index contributed by atoms with van der Waals surface area (Å²) in [7, 11) is 3.40. The average Bonchev–Trinajstić information content (AvgIpc) is 3.26. The fourth-order valence-electron chi connectivity index (χ4n) is 2.97. The molecule has 0 aliphatic carbocycles. The Balaban J connectivity index is 0.00000341. The molecule has 1 atom stereocenters. The zero-order valence-corrected chi connectivity index (χ0v) is 20.4. The molecule has 0 bridgehead atoms. The molecule has 31 heavy (non-hydrogen) atoms. The molecule has 0 saturated carbocycles. The van der Waals surface area contributed by atoms with E-state index < -0.39 is 0 Å². The highest BCUT2D eigenvalue weighted by molar-refractivity contribution is 14.0. The SMILES string of the molecule is CN=C(NCCc1cnn(-c2ccccc2)c1)NCC(C)Oc1ccccc1OC.I. The molecule has 3 rings (SSSR count). The van der Waals surface area contributed by atoms with Crippen molar-refractivity contribution in [2.45, 2.75) is 19.4 Å². The van der Waals surface area contributed by atoms with Crippen LogP contribution in [-0.4, -0.2) is 49.1 Å². The van der Waals surface area contributed by atoms with Gasteiger partial charge in [-0.15, -0.1) is 24.0 Å². The van der Waals surface area contributed by atoms with Crippen LogP contribution in [0.1, 0.15) is 12.5 Å². The lowest BCUT2D eigenvalue weighted by Gasteiger charge is -2.19. The second-order valence-corrected chi connectivity index (χ2v) is 6.84. The van der Waals surface area contributed by atoms with Gasteiger partial charge in [0.1, 0.15) is 6.10 Å². The molecule has 0 saturated heterocycles. The summed E-state index contributed by atoms with van der Waals surface area (Å²) in [5.41, 5.74) is 2.22. The molecular formula is C23H30IN5O2. The van der Waals surface area contributed by atoms with Gasteiger partial charge in [0.25, 0.3) is 0 Å². The Kier molecular flexibility index (Phi) is 10.2. The Morgan fingerprint density at radius 2 is 1.77 bits per heavy atom. The fourth-order valence-corrected chi connectivity index (χ4v) is 2.97. The van der Waals surface area contributed by atoms with E-state index in [1.807, 2.05) is 72.4 Å². The molecule has 0 amide bonds. The molecule has 8 heteroatoms. The third-order valence-corrected chi connectivity index (χ3v) is 4.54. The Labute approximate surface area is 200 Å². The molecule has 1 unspecified atom stereocenters. The van der Waals surface area contributed by atoms with Gasteiger partial charge in [-0.1, -0.05) is 30.3 Å². The summed E-state index contributed by atoms with van der Waals surface area (Å²) in [5.74, 6) is 2.19. The van der Waals surface area contributed by atoms with Crippen molar-refractivity contribution in [3.05, 3.63) is 72.6 Å². The predicted molar refractivity (Wildman–Crippen MR) is 135 cm³/mol. The molecule has 0 spiro atoms. The van der Waals surface area contributed by atoms with Gasteiger partial charge in [-0.05, 0) is 43.2 Å². The average molecular weight is 535 g/mol. The quantitative estimate of drug-likeness (QED) is 0.249. The van der Waals surface area contributed by atoms with Gasteiger partial charge in [-0.2, -0.15) is 5.10 Å². The lowest BCUT2D eigenvalue weighted by molar-refractivity contribution is 0.213. The minimum absolute atomic E-state index is 0. The number of nitrogens with zero attached hydrogens (tertiary/aromatic N) is 3. The molecule has 1 aromatic heterocycles. The van der Waals surface area contributed by atoms with E-state index in [0.29, 0.717) is 6.54 Å². The lowest BCUT2D eigenvalue weighted by atomic mass is 10.2. The summed E-state index contributed by atoms with van der Waals surface area (Å²) in [6, 6.07) is 17.7. The number of methoxy groups -OCH3 is 1. The minimum Gasteiger partial charge on any atom is -0.493 e. The Bertz CT molecular complexity index is 946. The van der Waals surface area contributed by atoms with Crippen LogP contribution in [0.25, 0.3) is 5.69 Å². The first kappa shape index (κ1) is 24.5. The van der Waals surface area contributed by atoms with Crippen molar-refractivity contribution < 1.29 is 9.47 Å². The number of ether oxygens (including phenoxy) is 2. The van der Waals surface area contributed by atoms with E-state index in [9.17, 15) is 0 Å².